The first-order chi connectivity index (χ1) is 10.4. The number of ether oxygens (including phenoxy) is 1. The summed E-state index contributed by atoms with van der Waals surface area (Å²) in [6.07, 6.45) is 3.05. The zero-order valence-corrected chi connectivity index (χ0v) is 16.6. The third-order valence-corrected chi connectivity index (χ3v) is 5.16. The number of aliphatic imine (C=N–C) groups is 1. The van der Waals surface area contributed by atoms with Crippen molar-refractivity contribution in [1.29, 1.82) is 0 Å². The van der Waals surface area contributed by atoms with Crippen molar-refractivity contribution in [3.63, 3.8) is 0 Å². The first-order valence-electron chi connectivity index (χ1n) is 8.08. The molecule has 0 unspecified atom stereocenters. The highest BCUT2D eigenvalue weighted by molar-refractivity contribution is 8.93. The Morgan fingerprint density at radius 3 is 2.70 bits per heavy atom. The number of thioether (sulfide) groups is 1. The van der Waals surface area contributed by atoms with E-state index in [2.05, 4.69) is 15.3 Å². The van der Waals surface area contributed by atoms with Crippen LogP contribution in [-0.4, -0.2) is 52.8 Å². The topological polar surface area (TPSA) is 45.1 Å². The van der Waals surface area contributed by atoms with Gasteiger partial charge in [-0.05, 0) is 51.4 Å². The number of likely N-dealkylation sites (tertiary alicyclic amines) is 1. The minimum atomic E-state index is -0.411. The van der Waals surface area contributed by atoms with E-state index in [4.69, 9.17) is 4.74 Å². The zero-order valence-electron chi connectivity index (χ0n) is 14.1. The van der Waals surface area contributed by atoms with Gasteiger partial charge in [0.25, 0.3) is 0 Å². The van der Waals surface area contributed by atoms with E-state index in [-0.39, 0.29) is 23.1 Å². The van der Waals surface area contributed by atoms with Crippen LogP contribution in [0, 0.1) is 5.92 Å². The summed E-state index contributed by atoms with van der Waals surface area (Å²) in [6.45, 7) is 9.31. The molecule has 3 aliphatic rings. The molecule has 0 atom stereocenters. The van der Waals surface area contributed by atoms with Crippen LogP contribution in [0.15, 0.2) is 16.1 Å². The minimum Gasteiger partial charge on any atom is -0.444 e. The van der Waals surface area contributed by atoms with Gasteiger partial charge in [0.15, 0.2) is 5.17 Å². The highest BCUT2D eigenvalue weighted by atomic mass is 79.9. The molecule has 0 aliphatic carbocycles. The molecule has 5 nitrogen and oxygen atoms in total. The quantitative estimate of drug-likeness (QED) is 0.701. The van der Waals surface area contributed by atoms with Gasteiger partial charge in [-0.2, -0.15) is 0 Å². The lowest BCUT2D eigenvalue weighted by Crippen LogP contribution is -2.42. The van der Waals surface area contributed by atoms with Gasteiger partial charge in [0.05, 0.1) is 6.54 Å². The molecule has 23 heavy (non-hydrogen) atoms. The minimum absolute atomic E-state index is 0. The highest BCUT2D eigenvalue weighted by Gasteiger charge is 2.31. The van der Waals surface area contributed by atoms with Crippen LogP contribution in [0.3, 0.4) is 0 Å². The molecule has 3 aliphatic heterocycles. The number of hydrogen-bond donors (Lipinski definition) is 0. The first kappa shape index (κ1) is 18.6. The molecule has 0 aromatic heterocycles. The second kappa shape index (κ2) is 7.47. The molecule has 0 bridgehead atoms. The van der Waals surface area contributed by atoms with E-state index in [0.29, 0.717) is 5.92 Å². The van der Waals surface area contributed by atoms with Crippen molar-refractivity contribution in [1.82, 2.24) is 9.80 Å². The number of piperidine rings is 1. The van der Waals surface area contributed by atoms with Crippen LogP contribution in [0.25, 0.3) is 0 Å². The molecule has 1 amide bonds. The van der Waals surface area contributed by atoms with Gasteiger partial charge < -0.3 is 14.5 Å². The van der Waals surface area contributed by atoms with Crippen molar-refractivity contribution < 1.29 is 9.53 Å². The lowest BCUT2D eigenvalue weighted by Gasteiger charge is -2.34. The van der Waals surface area contributed by atoms with Gasteiger partial charge in [-0.15, -0.1) is 17.0 Å². The Bertz CT molecular complexity index is 508. The third kappa shape index (κ3) is 4.66. The number of amidine groups is 1. The average Bonchev–Trinajstić information content (AvgIpc) is 3.02. The molecule has 3 heterocycles. The summed E-state index contributed by atoms with van der Waals surface area (Å²) in [4.78, 5) is 20.8. The molecule has 0 radical (unpaired) electrons. The zero-order chi connectivity index (χ0) is 15.7. The fourth-order valence-electron chi connectivity index (χ4n) is 3.08. The molecule has 1 fully saturated rings. The second-order valence-corrected chi connectivity index (χ2v) is 7.99. The van der Waals surface area contributed by atoms with Crippen LogP contribution in [-0.2, 0) is 4.74 Å². The number of hydrogen-bond acceptors (Lipinski definition) is 5. The number of fused-ring (bicyclic) bond motifs is 1. The van der Waals surface area contributed by atoms with Crippen molar-refractivity contribution in [2.45, 2.75) is 45.6 Å². The molecule has 0 saturated carbocycles. The summed E-state index contributed by atoms with van der Waals surface area (Å²) in [5.41, 5.74) is 1.00. The number of carbonyl (C=O) groups excluding carboxylic acids is 1. The lowest BCUT2D eigenvalue weighted by atomic mass is 9.92. The maximum atomic E-state index is 12.1. The van der Waals surface area contributed by atoms with Crippen molar-refractivity contribution >= 4 is 40.0 Å². The van der Waals surface area contributed by atoms with Gasteiger partial charge in [0.2, 0.25) is 0 Å². The Balaban J connectivity index is 0.00000192. The third-order valence-electron chi connectivity index (χ3n) is 4.21. The van der Waals surface area contributed by atoms with E-state index in [0.717, 1.165) is 45.4 Å². The Labute approximate surface area is 153 Å². The fourth-order valence-corrected chi connectivity index (χ4v) is 4.05. The Kier molecular flexibility index (Phi) is 6.05. The Morgan fingerprint density at radius 2 is 2.04 bits per heavy atom. The predicted octanol–water partition coefficient (Wildman–Crippen LogP) is 3.86. The Morgan fingerprint density at radius 1 is 1.35 bits per heavy atom. The largest absolute Gasteiger partial charge is 0.444 e. The molecule has 1 saturated heterocycles. The van der Waals surface area contributed by atoms with E-state index in [1.165, 1.54) is 10.9 Å². The van der Waals surface area contributed by atoms with E-state index in [9.17, 15) is 4.79 Å². The number of nitrogens with zero attached hydrogens (tertiary/aromatic N) is 3. The number of halogens is 1. The van der Waals surface area contributed by atoms with Gasteiger partial charge in [-0.1, -0.05) is 11.8 Å². The summed E-state index contributed by atoms with van der Waals surface area (Å²) < 4.78 is 5.45. The lowest BCUT2D eigenvalue weighted by molar-refractivity contribution is 0.0183. The molecular weight excluding hydrogens is 378 g/mol. The van der Waals surface area contributed by atoms with Gasteiger partial charge in [0.1, 0.15) is 5.60 Å². The van der Waals surface area contributed by atoms with Crippen LogP contribution in [0.4, 0.5) is 4.79 Å². The summed E-state index contributed by atoms with van der Waals surface area (Å²) >= 11 is 1.75. The molecule has 130 valence electrons. The van der Waals surface area contributed by atoms with Crippen molar-refractivity contribution in [2.24, 2.45) is 10.9 Å². The molecule has 3 rings (SSSR count). The smallest absolute Gasteiger partial charge is 0.410 e. The summed E-state index contributed by atoms with van der Waals surface area (Å²) in [5, 5.41) is 3.42. The molecular formula is C16H26BrN3O2S. The molecule has 0 N–H and O–H groups in total. The maximum Gasteiger partial charge on any atom is 0.410 e. The van der Waals surface area contributed by atoms with Gasteiger partial charge in [-0.3, -0.25) is 4.99 Å². The second-order valence-electron chi connectivity index (χ2n) is 7.16. The van der Waals surface area contributed by atoms with Crippen molar-refractivity contribution in [3.05, 3.63) is 11.1 Å². The number of amides is 1. The number of carbonyl (C=O) groups is 1. The van der Waals surface area contributed by atoms with E-state index in [1.807, 2.05) is 25.7 Å². The SMILES string of the molecule is Br.CC(C)(C)OC(=O)N1CCC(CC2=CSC3=NCCN23)CC1. The maximum absolute atomic E-state index is 12.1. The van der Waals surface area contributed by atoms with Crippen LogP contribution in [0.1, 0.15) is 40.0 Å². The summed E-state index contributed by atoms with van der Waals surface area (Å²) in [6, 6.07) is 0. The van der Waals surface area contributed by atoms with Gasteiger partial charge in [-0.25, -0.2) is 4.79 Å². The molecule has 0 spiro atoms. The highest BCUT2D eigenvalue weighted by Crippen LogP contribution is 2.35. The fraction of sp³-hybridized carbons (Fsp3) is 0.750. The number of rotatable bonds is 2. The Hall–Kier alpha value is -0.690. The van der Waals surface area contributed by atoms with E-state index in [1.54, 1.807) is 11.8 Å². The molecule has 0 aromatic carbocycles. The van der Waals surface area contributed by atoms with Crippen LogP contribution < -0.4 is 0 Å². The van der Waals surface area contributed by atoms with E-state index >= 15 is 0 Å². The van der Waals surface area contributed by atoms with Crippen molar-refractivity contribution in [3.8, 4) is 0 Å². The standard InChI is InChI=1S/C16H25N3O2S.BrH/c1-16(2,3)21-15(20)18-7-4-12(5-8-18)10-13-11-22-14-17-6-9-19(13)14;/h11-12H,4-10H2,1-3H3;1H. The predicted molar refractivity (Wildman–Crippen MR) is 100 cm³/mol. The van der Waals surface area contributed by atoms with Crippen LogP contribution in [0.2, 0.25) is 0 Å². The van der Waals surface area contributed by atoms with E-state index < -0.39 is 5.60 Å². The van der Waals surface area contributed by atoms with Crippen LogP contribution in [0.5, 0.6) is 0 Å². The first-order valence-corrected chi connectivity index (χ1v) is 8.96. The van der Waals surface area contributed by atoms with Crippen molar-refractivity contribution in [2.75, 3.05) is 26.2 Å². The summed E-state index contributed by atoms with van der Waals surface area (Å²) in [7, 11) is 0. The normalized spacial score (nSPS) is 21.5. The van der Waals surface area contributed by atoms with Gasteiger partial charge in [0, 0.05) is 25.3 Å². The molecule has 0 aromatic rings. The summed E-state index contributed by atoms with van der Waals surface area (Å²) in [5.74, 6) is 0.658. The molecule has 7 heteroatoms. The monoisotopic (exact) mass is 403 g/mol. The number of allylic oxidation sites excluding steroid dienone is 1. The average molecular weight is 404 g/mol. The van der Waals surface area contributed by atoms with Crippen LogP contribution >= 0.6 is 28.7 Å². The van der Waals surface area contributed by atoms with Gasteiger partial charge >= 0.3 is 6.09 Å².